The standard InChI is InChI=1S/C8H16O/c1-3-4-5-6-8(2)7-9/h4-5,8-9H,3,6-7H2,1-2H3/b5-4+. The van der Waals surface area contributed by atoms with Gasteiger partial charge in [0.15, 0.2) is 0 Å². The Morgan fingerprint density at radius 2 is 2.11 bits per heavy atom. The lowest BCUT2D eigenvalue weighted by molar-refractivity contribution is 0.239. The highest BCUT2D eigenvalue weighted by atomic mass is 16.3. The van der Waals surface area contributed by atoms with Crippen LogP contribution in [0.3, 0.4) is 0 Å². The Kier molecular flexibility index (Phi) is 5.64. The van der Waals surface area contributed by atoms with E-state index in [0.717, 1.165) is 12.8 Å². The Morgan fingerprint density at radius 1 is 1.44 bits per heavy atom. The van der Waals surface area contributed by atoms with E-state index in [9.17, 15) is 0 Å². The third-order valence-corrected chi connectivity index (χ3v) is 1.25. The van der Waals surface area contributed by atoms with Crippen molar-refractivity contribution in [3.8, 4) is 0 Å². The lowest BCUT2D eigenvalue weighted by atomic mass is 10.1. The van der Waals surface area contributed by atoms with E-state index in [0.29, 0.717) is 12.5 Å². The van der Waals surface area contributed by atoms with E-state index in [1.807, 2.05) is 6.92 Å². The molecule has 1 atom stereocenters. The fraction of sp³-hybridized carbons (Fsp3) is 0.750. The lowest BCUT2D eigenvalue weighted by Crippen LogP contribution is -1.97. The fourth-order valence-corrected chi connectivity index (χ4v) is 0.570. The summed E-state index contributed by atoms with van der Waals surface area (Å²) >= 11 is 0. The van der Waals surface area contributed by atoms with E-state index in [4.69, 9.17) is 5.11 Å². The maximum absolute atomic E-state index is 8.60. The van der Waals surface area contributed by atoms with Gasteiger partial charge in [0.25, 0.3) is 0 Å². The summed E-state index contributed by atoms with van der Waals surface area (Å²) in [5.41, 5.74) is 0. The number of allylic oxidation sites excluding steroid dienone is 2. The van der Waals surface area contributed by atoms with Crippen molar-refractivity contribution in [1.82, 2.24) is 0 Å². The van der Waals surface area contributed by atoms with Crippen LogP contribution in [0.5, 0.6) is 0 Å². The topological polar surface area (TPSA) is 20.2 Å². The van der Waals surface area contributed by atoms with Gasteiger partial charge in [-0.25, -0.2) is 0 Å². The van der Waals surface area contributed by atoms with Gasteiger partial charge in [0.1, 0.15) is 0 Å². The van der Waals surface area contributed by atoms with Gasteiger partial charge in [-0.1, -0.05) is 26.0 Å². The van der Waals surface area contributed by atoms with Crippen molar-refractivity contribution in [2.24, 2.45) is 5.92 Å². The summed E-state index contributed by atoms with van der Waals surface area (Å²) in [7, 11) is 0. The van der Waals surface area contributed by atoms with Gasteiger partial charge in [0, 0.05) is 6.61 Å². The molecule has 54 valence electrons. The van der Waals surface area contributed by atoms with E-state index in [1.165, 1.54) is 0 Å². The highest BCUT2D eigenvalue weighted by Gasteiger charge is 1.93. The van der Waals surface area contributed by atoms with Gasteiger partial charge in [0.2, 0.25) is 0 Å². The van der Waals surface area contributed by atoms with E-state index >= 15 is 0 Å². The second-order valence-corrected chi connectivity index (χ2v) is 2.40. The number of hydrogen-bond acceptors (Lipinski definition) is 1. The number of hydrogen-bond donors (Lipinski definition) is 1. The van der Waals surface area contributed by atoms with Crippen molar-refractivity contribution in [3.63, 3.8) is 0 Å². The van der Waals surface area contributed by atoms with Gasteiger partial charge in [-0.3, -0.25) is 0 Å². The average Bonchev–Trinajstić information content (AvgIpc) is 1.89. The van der Waals surface area contributed by atoms with Crippen molar-refractivity contribution >= 4 is 0 Å². The molecule has 0 saturated carbocycles. The van der Waals surface area contributed by atoms with Gasteiger partial charge in [-0.05, 0) is 18.8 Å². The van der Waals surface area contributed by atoms with Crippen molar-refractivity contribution in [3.05, 3.63) is 12.2 Å². The van der Waals surface area contributed by atoms with Crippen LogP contribution in [0.1, 0.15) is 26.7 Å². The summed E-state index contributed by atoms with van der Waals surface area (Å²) in [6.07, 6.45) is 6.36. The van der Waals surface area contributed by atoms with Crippen LogP contribution in [0.25, 0.3) is 0 Å². The van der Waals surface area contributed by atoms with Gasteiger partial charge >= 0.3 is 0 Å². The quantitative estimate of drug-likeness (QED) is 0.574. The van der Waals surface area contributed by atoms with E-state index in [-0.39, 0.29) is 0 Å². The molecule has 0 radical (unpaired) electrons. The van der Waals surface area contributed by atoms with E-state index in [2.05, 4.69) is 19.1 Å². The van der Waals surface area contributed by atoms with Crippen molar-refractivity contribution in [1.29, 1.82) is 0 Å². The zero-order chi connectivity index (χ0) is 7.11. The molecule has 0 aromatic heterocycles. The Morgan fingerprint density at radius 3 is 2.56 bits per heavy atom. The second kappa shape index (κ2) is 5.83. The Hall–Kier alpha value is -0.300. The minimum absolute atomic E-state index is 0.300. The summed E-state index contributed by atoms with van der Waals surface area (Å²) < 4.78 is 0. The van der Waals surface area contributed by atoms with Crippen LogP contribution in [-0.4, -0.2) is 11.7 Å². The van der Waals surface area contributed by atoms with Crippen molar-refractivity contribution < 1.29 is 5.11 Å². The molecule has 0 aromatic carbocycles. The molecule has 9 heavy (non-hydrogen) atoms. The number of rotatable bonds is 4. The molecule has 0 amide bonds. The van der Waals surface area contributed by atoms with Crippen LogP contribution in [0.15, 0.2) is 12.2 Å². The monoisotopic (exact) mass is 128 g/mol. The van der Waals surface area contributed by atoms with Crippen molar-refractivity contribution in [2.75, 3.05) is 6.61 Å². The number of aliphatic hydroxyl groups is 1. The third-order valence-electron chi connectivity index (χ3n) is 1.25. The van der Waals surface area contributed by atoms with Gasteiger partial charge in [-0.2, -0.15) is 0 Å². The SMILES string of the molecule is CC/C=C/CC(C)CO. The van der Waals surface area contributed by atoms with E-state index in [1.54, 1.807) is 0 Å². The van der Waals surface area contributed by atoms with E-state index < -0.39 is 0 Å². The van der Waals surface area contributed by atoms with Crippen LogP contribution >= 0.6 is 0 Å². The Balaban J connectivity index is 3.15. The summed E-state index contributed by atoms with van der Waals surface area (Å²) in [6.45, 7) is 4.45. The summed E-state index contributed by atoms with van der Waals surface area (Å²) in [5.74, 6) is 0.424. The minimum Gasteiger partial charge on any atom is -0.396 e. The zero-order valence-corrected chi connectivity index (χ0v) is 6.30. The molecule has 0 fully saturated rings. The molecule has 0 aliphatic carbocycles. The van der Waals surface area contributed by atoms with Crippen molar-refractivity contribution in [2.45, 2.75) is 26.7 Å². The molecule has 0 spiro atoms. The molecule has 0 rings (SSSR count). The molecule has 0 aromatic rings. The molecule has 0 aliphatic heterocycles. The van der Waals surface area contributed by atoms with Crippen LogP contribution in [-0.2, 0) is 0 Å². The highest BCUT2D eigenvalue weighted by Crippen LogP contribution is 2.00. The third kappa shape index (κ3) is 5.57. The molecular formula is C8H16O. The second-order valence-electron chi connectivity index (χ2n) is 2.40. The predicted molar refractivity (Wildman–Crippen MR) is 40.3 cm³/mol. The molecule has 0 aliphatic rings. The molecule has 1 nitrogen and oxygen atoms in total. The Bertz CT molecular complexity index is 76.6. The van der Waals surface area contributed by atoms with Crippen LogP contribution in [0.2, 0.25) is 0 Å². The highest BCUT2D eigenvalue weighted by molar-refractivity contribution is 4.81. The maximum Gasteiger partial charge on any atom is 0.0459 e. The van der Waals surface area contributed by atoms with Gasteiger partial charge in [-0.15, -0.1) is 0 Å². The summed E-state index contributed by atoms with van der Waals surface area (Å²) in [4.78, 5) is 0. The molecular weight excluding hydrogens is 112 g/mol. The van der Waals surface area contributed by atoms with Gasteiger partial charge in [0.05, 0.1) is 0 Å². The maximum atomic E-state index is 8.60. The molecule has 0 saturated heterocycles. The predicted octanol–water partition coefficient (Wildman–Crippen LogP) is 1.97. The van der Waals surface area contributed by atoms with Crippen LogP contribution < -0.4 is 0 Å². The van der Waals surface area contributed by atoms with Gasteiger partial charge < -0.3 is 5.11 Å². The molecule has 0 heterocycles. The van der Waals surface area contributed by atoms with Crippen LogP contribution in [0.4, 0.5) is 0 Å². The minimum atomic E-state index is 0.300. The first kappa shape index (κ1) is 8.70. The molecule has 0 bridgehead atoms. The normalized spacial score (nSPS) is 14.6. The first-order valence-electron chi connectivity index (χ1n) is 3.57. The largest absolute Gasteiger partial charge is 0.396 e. The Labute approximate surface area is 57.4 Å². The molecule has 1 N–H and O–H groups in total. The molecule has 1 unspecified atom stereocenters. The zero-order valence-electron chi connectivity index (χ0n) is 6.30. The first-order chi connectivity index (χ1) is 4.31. The van der Waals surface area contributed by atoms with Crippen LogP contribution in [0, 0.1) is 5.92 Å². The number of aliphatic hydroxyl groups excluding tert-OH is 1. The first-order valence-corrected chi connectivity index (χ1v) is 3.57. The lowest BCUT2D eigenvalue weighted by Gasteiger charge is -2.00. The summed E-state index contributed by atoms with van der Waals surface area (Å²) in [5, 5.41) is 8.60. The smallest absolute Gasteiger partial charge is 0.0459 e. The summed E-state index contributed by atoms with van der Waals surface area (Å²) in [6, 6.07) is 0. The average molecular weight is 128 g/mol. The fourth-order valence-electron chi connectivity index (χ4n) is 0.570. The molecule has 1 heteroatoms.